The number of carbonyl (C=O) groups excluding carboxylic acids is 1. The minimum Gasteiger partial charge on any atom is -0.493 e. The van der Waals surface area contributed by atoms with Gasteiger partial charge in [0.25, 0.3) is 0 Å². The summed E-state index contributed by atoms with van der Waals surface area (Å²) in [4.78, 5) is 19.5. The topological polar surface area (TPSA) is 112 Å². The molecule has 10 nitrogen and oxygen atoms in total. The van der Waals surface area contributed by atoms with Crippen molar-refractivity contribution in [1.82, 2.24) is 20.1 Å². The highest BCUT2D eigenvalue weighted by Gasteiger charge is 2.17. The van der Waals surface area contributed by atoms with Crippen LogP contribution in [-0.2, 0) is 11.2 Å². The second-order valence-corrected chi connectivity index (χ2v) is 11.4. The van der Waals surface area contributed by atoms with E-state index in [1.165, 1.54) is 25.0 Å². The van der Waals surface area contributed by atoms with Gasteiger partial charge in [0.15, 0.2) is 23.1 Å². The van der Waals surface area contributed by atoms with Gasteiger partial charge in [-0.05, 0) is 74.7 Å². The first-order valence-electron chi connectivity index (χ1n) is 15.4. The maximum absolute atomic E-state index is 15.2. The van der Waals surface area contributed by atoms with E-state index >= 15 is 4.39 Å². The van der Waals surface area contributed by atoms with Gasteiger partial charge in [-0.2, -0.15) is 0 Å². The Balaban J connectivity index is 1.07. The minimum absolute atomic E-state index is 0.0127. The van der Waals surface area contributed by atoms with Crippen molar-refractivity contribution < 1.29 is 27.8 Å². The highest BCUT2D eigenvalue weighted by atomic mass is 19.1. The number of ether oxygens (including phenoxy) is 3. The van der Waals surface area contributed by atoms with Crippen LogP contribution >= 0.6 is 0 Å². The van der Waals surface area contributed by atoms with Crippen molar-refractivity contribution in [2.24, 2.45) is 5.92 Å². The van der Waals surface area contributed by atoms with Gasteiger partial charge in [0.05, 0.1) is 19.2 Å². The number of hydrogen-bond acceptors (Lipinski definition) is 9. The predicted molar refractivity (Wildman–Crippen MR) is 172 cm³/mol. The number of nitrogens with one attached hydrogen (secondary N) is 1. The molecule has 0 atom stereocenters. The molecular weight excluding hydrogens is 589 g/mol. The summed E-state index contributed by atoms with van der Waals surface area (Å²) >= 11 is 0. The van der Waals surface area contributed by atoms with E-state index < -0.39 is 11.7 Å². The normalized spacial score (nSPS) is 13.9. The van der Waals surface area contributed by atoms with Crippen molar-refractivity contribution in [1.29, 1.82) is 0 Å². The van der Waals surface area contributed by atoms with Crippen LogP contribution in [0, 0.1) is 11.7 Å². The van der Waals surface area contributed by atoms with Crippen molar-refractivity contribution >= 4 is 22.5 Å². The van der Waals surface area contributed by atoms with Crippen LogP contribution in [0.15, 0.2) is 77.3 Å². The Morgan fingerprint density at radius 3 is 2.61 bits per heavy atom. The molecular formula is C35H36FN5O5. The summed E-state index contributed by atoms with van der Waals surface area (Å²) < 4.78 is 38.4. The van der Waals surface area contributed by atoms with Crippen LogP contribution in [0.3, 0.4) is 0 Å². The molecule has 0 radical (unpaired) electrons. The van der Waals surface area contributed by atoms with Crippen LogP contribution in [0.5, 0.6) is 23.0 Å². The van der Waals surface area contributed by atoms with Gasteiger partial charge >= 0.3 is 0 Å². The number of amides is 1. The van der Waals surface area contributed by atoms with Crippen molar-refractivity contribution in [3.63, 3.8) is 0 Å². The number of fused-ring (bicyclic) bond motifs is 1. The summed E-state index contributed by atoms with van der Waals surface area (Å²) in [6.45, 7) is 6.16. The standard InChI is InChI=1S/C35H36FN5O5/c1-23-12-16-41(17-13-23)15-6-18-44-32-21-28-26(20-31(32)43-2)29(11-14-37-28)45-30-10-9-25(19-27(30)36)38-33(42)22-34-39-40-35(46-34)24-7-4-3-5-8-24/h3-5,7-11,14,19-21,23H,6,12-13,15-18,22H2,1-2H3,(H,38,42). The molecule has 11 heteroatoms. The number of benzene rings is 3. The van der Waals surface area contributed by atoms with Crippen molar-refractivity contribution in [2.45, 2.75) is 32.6 Å². The number of anilines is 1. The largest absolute Gasteiger partial charge is 0.493 e. The fraction of sp³-hybridized carbons (Fsp3) is 0.314. The molecule has 1 aliphatic heterocycles. The van der Waals surface area contributed by atoms with Gasteiger partial charge in [0, 0.05) is 41.5 Å². The number of aromatic nitrogens is 3. The van der Waals surface area contributed by atoms with Crippen LogP contribution < -0.4 is 19.5 Å². The molecule has 0 spiro atoms. The first-order valence-corrected chi connectivity index (χ1v) is 15.4. The maximum Gasteiger partial charge on any atom is 0.247 e. The van der Waals surface area contributed by atoms with E-state index in [9.17, 15) is 4.79 Å². The third kappa shape index (κ3) is 7.60. The average molecular weight is 626 g/mol. The third-order valence-electron chi connectivity index (χ3n) is 7.97. The van der Waals surface area contributed by atoms with E-state index in [4.69, 9.17) is 18.6 Å². The Hall–Kier alpha value is -5.03. The van der Waals surface area contributed by atoms with Gasteiger partial charge < -0.3 is 28.8 Å². The molecule has 3 heterocycles. The molecule has 0 unspecified atom stereocenters. The molecule has 5 aromatic rings. The quantitative estimate of drug-likeness (QED) is 0.148. The zero-order valence-electron chi connectivity index (χ0n) is 25.9. The Bertz CT molecular complexity index is 1790. The van der Waals surface area contributed by atoms with E-state index in [2.05, 4.69) is 32.3 Å². The van der Waals surface area contributed by atoms with Crippen molar-refractivity contribution in [3.05, 3.63) is 84.6 Å². The van der Waals surface area contributed by atoms with Crippen LogP contribution in [0.2, 0.25) is 0 Å². The average Bonchev–Trinajstić information content (AvgIpc) is 3.53. The lowest BCUT2D eigenvalue weighted by Gasteiger charge is -2.30. The first-order chi connectivity index (χ1) is 22.4. The second kappa shape index (κ2) is 14.4. The molecule has 0 bridgehead atoms. The van der Waals surface area contributed by atoms with E-state index in [1.54, 1.807) is 31.5 Å². The zero-order chi connectivity index (χ0) is 31.9. The predicted octanol–water partition coefficient (Wildman–Crippen LogP) is 6.91. The minimum atomic E-state index is -0.651. The molecule has 2 aromatic heterocycles. The number of rotatable bonds is 12. The summed E-state index contributed by atoms with van der Waals surface area (Å²) in [7, 11) is 1.58. The lowest BCUT2D eigenvalue weighted by atomic mass is 9.99. The number of methoxy groups -OCH3 is 1. The van der Waals surface area contributed by atoms with Crippen molar-refractivity contribution in [3.8, 4) is 34.5 Å². The highest BCUT2D eigenvalue weighted by Crippen LogP contribution is 2.38. The zero-order valence-corrected chi connectivity index (χ0v) is 25.9. The molecule has 1 aliphatic rings. The van der Waals surface area contributed by atoms with Crippen LogP contribution in [-0.4, -0.2) is 59.3 Å². The Kier molecular flexibility index (Phi) is 9.68. The number of nitrogens with zero attached hydrogens (tertiary/aromatic N) is 4. The molecule has 1 saturated heterocycles. The van der Waals surface area contributed by atoms with E-state index in [-0.39, 0.29) is 23.7 Å². The van der Waals surface area contributed by atoms with E-state index in [0.29, 0.717) is 40.6 Å². The molecule has 0 aliphatic carbocycles. The molecule has 0 saturated carbocycles. The lowest BCUT2D eigenvalue weighted by Crippen LogP contribution is -2.34. The smallest absolute Gasteiger partial charge is 0.247 e. The fourth-order valence-electron chi connectivity index (χ4n) is 5.39. The number of halogens is 1. The van der Waals surface area contributed by atoms with Gasteiger partial charge in [-0.25, -0.2) is 4.39 Å². The fourth-order valence-corrected chi connectivity index (χ4v) is 5.39. The Morgan fingerprint density at radius 2 is 1.83 bits per heavy atom. The summed E-state index contributed by atoms with van der Waals surface area (Å²) in [6.07, 6.45) is 4.85. The molecule has 6 rings (SSSR count). The van der Waals surface area contributed by atoms with E-state index in [1.807, 2.05) is 36.4 Å². The molecule has 3 aromatic carbocycles. The van der Waals surface area contributed by atoms with Crippen LogP contribution in [0.1, 0.15) is 32.1 Å². The molecule has 1 N–H and O–H groups in total. The van der Waals surface area contributed by atoms with Crippen LogP contribution in [0.25, 0.3) is 22.4 Å². The summed E-state index contributed by atoms with van der Waals surface area (Å²) in [6, 6.07) is 18.7. The van der Waals surface area contributed by atoms with Gasteiger partial charge in [0.2, 0.25) is 17.7 Å². The summed E-state index contributed by atoms with van der Waals surface area (Å²) in [5.41, 5.74) is 1.64. The first kappa shape index (κ1) is 31.0. The lowest BCUT2D eigenvalue weighted by molar-refractivity contribution is -0.115. The molecule has 1 amide bonds. The summed E-state index contributed by atoms with van der Waals surface area (Å²) in [5.74, 6) is 1.71. The SMILES string of the molecule is COc1cc2c(Oc3ccc(NC(=O)Cc4nnc(-c5ccccc5)o4)cc3F)ccnc2cc1OCCCN1CCC(C)CC1. The monoisotopic (exact) mass is 625 g/mol. The Labute approximate surface area is 266 Å². The Morgan fingerprint density at radius 1 is 1.00 bits per heavy atom. The molecule has 46 heavy (non-hydrogen) atoms. The molecule has 1 fully saturated rings. The number of likely N-dealkylation sites (tertiary alicyclic amines) is 1. The number of hydrogen-bond donors (Lipinski definition) is 1. The van der Waals surface area contributed by atoms with E-state index in [0.717, 1.165) is 37.5 Å². The van der Waals surface area contributed by atoms with Crippen LogP contribution in [0.4, 0.5) is 10.1 Å². The molecule has 238 valence electrons. The third-order valence-corrected chi connectivity index (χ3v) is 7.97. The van der Waals surface area contributed by atoms with Gasteiger partial charge in [-0.3, -0.25) is 9.78 Å². The van der Waals surface area contributed by atoms with Gasteiger partial charge in [-0.15, -0.1) is 10.2 Å². The maximum atomic E-state index is 15.2. The number of carbonyl (C=O) groups is 1. The van der Waals surface area contributed by atoms with Gasteiger partial charge in [0.1, 0.15) is 12.2 Å². The second-order valence-electron chi connectivity index (χ2n) is 11.4. The number of pyridine rings is 1. The highest BCUT2D eigenvalue weighted by molar-refractivity contribution is 5.92. The van der Waals surface area contributed by atoms with Crippen molar-refractivity contribution in [2.75, 3.05) is 38.7 Å². The summed E-state index contributed by atoms with van der Waals surface area (Å²) in [5, 5.41) is 11.2. The van der Waals surface area contributed by atoms with Gasteiger partial charge in [-0.1, -0.05) is 25.1 Å². The number of piperidine rings is 1.